The molecule has 1 aromatic heterocycles. The van der Waals surface area contributed by atoms with E-state index in [-0.39, 0.29) is 17.3 Å². The van der Waals surface area contributed by atoms with Gasteiger partial charge in [0, 0.05) is 22.5 Å². The number of ketones is 2. The lowest BCUT2D eigenvalue weighted by Crippen LogP contribution is -2.11. The normalized spacial score (nSPS) is 11.9. The fourth-order valence-electron chi connectivity index (χ4n) is 1.98. The summed E-state index contributed by atoms with van der Waals surface area (Å²) in [6.07, 6.45) is 2.62. The molecule has 0 atom stereocenters. The molecule has 0 saturated carbocycles. The van der Waals surface area contributed by atoms with Gasteiger partial charge in [0.05, 0.1) is 0 Å². The van der Waals surface area contributed by atoms with Crippen LogP contribution in [0.5, 0.6) is 0 Å². The molecule has 8 nitrogen and oxygen atoms in total. The minimum Gasteiger partial charge on any atom is -0.784 e. The summed E-state index contributed by atoms with van der Waals surface area (Å²) in [5, 5.41) is 0. The maximum Gasteiger partial charge on any atom is 0.345 e. The molecule has 25 heavy (non-hydrogen) atoms. The third kappa shape index (κ3) is 7.12. The maximum absolute atomic E-state index is 11.2. The summed E-state index contributed by atoms with van der Waals surface area (Å²) in [5.74, 6) is -0.185. The van der Waals surface area contributed by atoms with Gasteiger partial charge >= 0.3 is 5.69 Å². The second-order valence-electron chi connectivity index (χ2n) is 4.82. The Morgan fingerprint density at radius 3 is 1.76 bits per heavy atom. The highest BCUT2D eigenvalue weighted by atomic mass is 32.2. The Morgan fingerprint density at radius 2 is 1.40 bits per heavy atom. The van der Waals surface area contributed by atoms with E-state index in [0.29, 0.717) is 11.1 Å². The molecule has 0 amide bonds. The van der Waals surface area contributed by atoms with Gasteiger partial charge in [-0.3, -0.25) is 13.8 Å². The average Bonchev–Trinajstić information content (AvgIpc) is 2.50. The summed E-state index contributed by atoms with van der Waals surface area (Å²) >= 11 is -3.11. The van der Waals surface area contributed by atoms with Crippen LogP contribution in [0.2, 0.25) is 0 Å². The van der Waals surface area contributed by atoms with Crippen molar-refractivity contribution >= 4 is 22.9 Å². The van der Waals surface area contributed by atoms with Crippen LogP contribution in [0.25, 0.3) is 0 Å². The first kappa shape index (κ1) is 20.3. The minimum atomic E-state index is -3.11. The number of nitrogens with one attached hydrogen (secondary N) is 1. The lowest BCUT2D eigenvalue weighted by atomic mass is 9.95. The molecule has 0 saturated heterocycles. The Balaban J connectivity index is 0.000000213. The SMILES string of the molecule is Cc1cc(C)[nH]c(=O)n1.O=C1C=CC(=O)c2ccccc21.O=S([O-])[O-]. The van der Waals surface area contributed by atoms with Crippen LogP contribution in [0.3, 0.4) is 0 Å². The third-order valence-corrected chi connectivity index (χ3v) is 2.85. The van der Waals surface area contributed by atoms with E-state index in [1.54, 1.807) is 31.2 Å². The van der Waals surface area contributed by atoms with Crippen LogP contribution in [0, 0.1) is 13.8 Å². The number of allylic oxidation sites excluding steroid dienone is 2. The second kappa shape index (κ2) is 9.52. The lowest BCUT2D eigenvalue weighted by Gasteiger charge is -2.06. The molecular formula is C16H14N2O6S-2. The Kier molecular flexibility index (Phi) is 7.73. The maximum atomic E-state index is 11.2. The zero-order chi connectivity index (χ0) is 19.0. The van der Waals surface area contributed by atoms with E-state index in [2.05, 4.69) is 9.97 Å². The van der Waals surface area contributed by atoms with Crippen molar-refractivity contribution in [2.75, 3.05) is 0 Å². The molecule has 3 rings (SSSR count). The van der Waals surface area contributed by atoms with Crippen LogP contribution >= 0.6 is 0 Å². The number of nitrogens with zero attached hydrogens (tertiary/aromatic N) is 1. The average molecular weight is 362 g/mol. The van der Waals surface area contributed by atoms with Crippen LogP contribution in [0.1, 0.15) is 32.1 Å². The van der Waals surface area contributed by atoms with Crippen molar-refractivity contribution in [3.8, 4) is 0 Å². The van der Waals surface area contributed by atoms with E-state index >= 15 is 0 Å². The van der Waals surface area contributed by atoms with Crippen LogP contribution in [-0.4, -0.2) is 34.8 Å². The summed E-state index contributed by atoms with van der Waals surface area (Å²) in [5.41, 5.74) is 2.35. The largest absolute Gasteiger partial charge is 0.784 e. The smallest absolute Gasteiger partial charge is 0.345 e. The van der Waals surface area contributed by atoms with E-state index in [4.69, 9.17) is 13.3 Å². The van der Waals surface area contributed by atoms with Gasteiger partial charge in [0.25, 0.3) is 0 Å². The molecule has 1 N–H and O–H groups in total. The summed E-state index contributed by atoms with van der Waals surface area (Å²) in [4.78, 5) is 39.1. The second-order valence-corrected chi connectivity index (χ2v) is 5.23. The summed E-state index contributed by atoms with van der Waals surface area (Å²) in [6.45, 7) is 3.62. The van der Waals surface area contributed by atoms with E-state index in [1.807, 2.05) is 13.0 Å². The third-order valence-electron chi connectivity index (χ3n) is 2.85. The first-order chi connectivity index (χ1) is 11.7. The van der Waals surface area contributed by atoms with Crippen LogP contribution in [-0.2, 0) is 11.4 Å². The summed E-state index contributed by atoms with van der Waals surface area (Å²) in [7, 11) is 0. The highest BCUT2D eigenvalue weighted by Crippen LogP contribution is 2.15. The van der Waals surface area contributed by atoms with E-state index in [1.165, 1.54) is 12.2 Å². The molecule has 2 aromatic rings. The zero-order valence-electron chi connectivity index (χ0n) is 13.3. The number of fused-ring (bicyclic) bond motifs is 1. The van der Waals surface area contributed by atoms with Gasteiger partial charge in [0.15, 0.2) is 11.6 Å². The van der Waals surface area contributed by atoms with Gasteiger partial charge in [-0.1, -0.05) is 24.3 Å². The fraction of sp³-hybridized carbons (Fsp3) is 0.125. The molecule has 9 heteroatoms. The molecule has 0 bridgehead atoms. The van der Waals surface area contributed by atoms with Crippen molar-refractivity contribution in [3.63, 3.8) is 0 Å². The number of carbonyl (C=O) groups excluding carboxylic acids is 2. The quantitative estimate of drug-likeness (QED) is 0.689. The van der Waals surface area contributed by atoms with Gasteiger partial charge in [0.2, 0.25) is 0 Å². The number of benzene rings is 1. The van der Waals surface area contributed by atoms with Gasteiger partial charge in [-0.25, -0.2) is 4.79 Å². The Morgan fingerprint density at radius 1 is 0.960 bits per heavy atom. The van der Waals surface area contributed by atoms with Crippen molar-refractivity contribution in [2.45, 2.75) is 13.8 Å². The van der Waals surface area contributed by atoms with Crippen LogP contribution in [0.4, 0.5) is 0 Å². The molecule has 132 valence electrons. The minimum absolute atomic E-state index is 0.0924. The Labute approximate surface area is 145 Å². The first-order valence-electron chi connectivity index (χ1n) is 6.87. The van der Waals surface area contributed by atoms with E-state index in [9.17, 15) is 14.4 Å². The molecule has 1 aromatic carbocycles. The number of aryl methyl sites for hydroxylation is 2. The molecule has 0 radical (unpaired) electrons. The molecule has 0 aliphatic heterocycles. The van der Waals surface area contributed by atoms with Crippen molar-refractivity contribution in [1.82, 2.24) is 9.97 Å². The summed E-state index contributed by atoms with van der Waals surface area (Å²) in [6, 6.07) is 8.66. The van der Waals surface area contributed by atoms with E-state index in [0.717, 1.165) is 11.4 Å². The molecule has 0 unspecified atom stereocenters. The highest BCUT2D eigenvalue weighted by molar-refractivity contribution is 7.72. The number of hydrogen-bond acceptors (Lipinski definition) is 7. The Hall–Kier alpha value is -2.75. The predicted octanol–water partition coefficient (Wildman–Crippen LogP) is 1.00. The van der Waals surface area contributed by atoms with Crippen molar-refractivity contribution in [1.29, 1.82) is 0 Å². The van der Waals surface area contributed by atoms with Gasteiger partial charge < -0.3 is 14.1 Å². The Bertz CT molecular complexity index is 824. The van der Waals surface area contributed by atoms with Crippen LogP contribution < -0.4 is 5.69 Å². The number of hydrogen-bond donors (Lipinski definition) is 1. The number of aromatic amines is 1. The predicted molar refractivity (Wildman–Crippen MR) is 88.3 cm³/mol. The molecular weight excluding hydrogens is 348 g/mol. The number of carbonyl (C=O) groups is 2. The fourth-order valence-corrected chi connectivity index (χ4v) is 1.98. The number of aromatic nitrogens is 2. The van der Waals surface area contributed by atoms with Crippen molar-refractivity contribution in [3.05, 3.63) is 75.5 Å². The summed E-state index contributed by atoms with van der Waals surface area (Å²) < 4.78 is 25.3. The monoisotopic (exact) mass is 362 g/mol. The van der Waals surface area contributed by atoms with Gasteiger partial charge in [-0.2, -0.15) is 4.98 Å². The number of rotatable bonds is 0. The number of H-pyrrole nitrogens is 1. The topological polar surface area (TPSA) is 143 Å². The van der Waals surface area contributed by atoms with Gasteiger partial charge in [-0.15, -0.1) is 11.4 Å². The lowest BCUT2D eigenvalue weighted by molar-refractivity contribution is 0.0994. The molecule has 1 heterocycles. The molecule has 1 aliphatic carbocycles. The molecule has 0 spiro atoms. The highest BCUT2D eigenvalue weighted by Gasteiger charge is 2.16. The molecule has 0 fully saturated rings. The van der Waals surface area contributed by atoms with E-state index < -0.39 is 11.4 Å². The zero-order valence-corrected chi connectivity index (χ0v) is 14.2. The first-order valence-corrected chi connectivity index (χ1v) is 7.87. The molecule has 1 aliphatic rings. The van der Waals surface area contributed by atoms with Gasteiger partial charge in [-0.05, 0) is 32.1 Å². The van der Waals surface area contributed by atoms with Gasteiger partial charge in [0.1, 0.15) is 0 Å². The standard InChI is InChI=1S/C10H6O2.C6H8N2O.H2O3S/c11-9-5-6-10(12)8-4-2-1-3-7(8)9;1-4-3-5(2)8-6(9)7-4;1-4(2)3/h1-6H;3H,1-2H3,(H,7,8,9);(H2,1,2,3)/p-2. The van der Waals surface area contributed by atoms with Crippen molar-refractivity contribution < 1.29 is 22.9 Å². The van der Waals surface area contributed by atoms with Crippen molar-refractivity contribution in [2.24, 2.45) is 0 Å². The van der Waals surface area contributed by atoms with Crippen LogP contribution in [0.15, 0.2) is 47.3 Å².